The van der Waals surface area contributed by atoms with Crippen LogP contribution in [0.5, 0.6) is 11.5 Å². The van der Waals surface area contributed by atoms with Gasteiger partial charge >= 0.3 is 6.03 Å². The number of urea groups is 1. The predicted octanol–water partition coefficient (Wildman–Crippen LogP) is 15.2. The van der Waals surface area contributed by atoms with Gasteiger partial charge in [0.05, 0.1) is 13.2 Å². The largest absolute Gasteiger partial charge is 0.494 e. The molecule has 14 heteroatoms. The van der Waals surface area contributed by atoms with E-state index in [4.69, 9.17) is 23.0 Å². The normalized spacial score (nSPS) is 12.3. The maximum absolute atomic E-state index is 12.7. The van der Waals surface area contributed by atoms with E-state index in [0.29, 0.717) is 76.4 Å². The summed E-state index contributed by atoms with van der Waals surface area (Å²) in [6.07, 6.45) is 9.52. The van der Waals surface area contributed by atoms with Crippen molar-refractivity contribution in [1.29, 1.82) is 0 Å². The summed E-state index contributed by atoms with van der Waals surface area (Å²) in [7, 11) is 0. The zero-order valence-corrected chi connectivity index (χ0v) is 43.0. The zero-order chi connectivity index (χ0) is 51.3. The lowest BCUT2D eigenvalue weighted by molar-refractivity contribution is 0.262. The number of carbonyl (C=O) groups is 1. The SMILES string of the molecule is Cc1cc(=O)nc(NC(=O)Nc2ccc(-c3cc(-c4cc(-c5cc(-c6ccc(OCCC(C)CCCC(C)C)cc6)no5)cc(-c5cc(-c6ccc(OCC[C@@H](C)CCCC(C)C)cc6)no5)c4)on3)cc2)[nH]1. The number of hydrogen-bond acceptors (Lipinski definition) is 11. The first-order chi connectivity index (χ1) is 35.3. The lowest BCUT2D eigenvalue weighted by Crippen LogP contribution is -2.23. The summed E-state index contributed by atoms with van der Waals surface area (Å²) in [5.41, 5.74) is 7.30. The molecule has 1 unspecified atom stereocenters. The van der Waals surface area contributed by atoms with Gasteiger partial charge in [-0.3, -0.25) is 10.1 Å². The van der Waals surface area contributed by atoms with Gasteiger partial charge in [-0.05, 0) is 122 Å². The molecule has 2 amide bonds. The van der Waals surface area contributed by atoms with Crippen molar-refractivity contribution in [2.75, 3.05) is 23.8 Å². The van der Waals surface area contributed by atoms with Crippen molar-refractivity contribution >= 4 is 17.7 Å². The Morgan fingerprint density at radius 3 is 1.33 bits per heavy atom. The van der Waals surface area contributed by atoms with Gasteiger partial charge in [-0.15, -0.1) is 0 Å². The standard InChI is InChI=1S/C59H67N7O7/c1-37(2)10-8-12-39(5)26-28-69-49-22-16-43(17-23-49)52-35-55(72-65-52)46-31-45(54-34-51(64-71-54)42-14-20-48(21-15-42)61-59(68)63-58-60-41(7)30-57(67)62-58)32-47(33-46)56-36-53(66-73-56)44-18-24-50(25-19-44)70-29-27-40(6)13-9-11-38(3)4/h14-25,30-40H,8-13,26-29H2,1-7H3,(H3,60,61,62,63,67,68)/t39-,40?/m0/s1. The maximum Gasteiger partial charge on any atom is 0.326 e. The van der Waals surface area contributed by atoms with Crippen LogP contribution in [0.25, 0.3) is 67.7 Å². The van der Waals surface area contributed by atoms with Crippen LogP contribution in [0, 0.1) is 30.6 Å². The summed E-state index contributed by atoms with van der Waals surface area (Å²) in [5.74, 6) is 5.99. The molecule has 8 aromatic rings. The average molecular weight is 986 g/mol. The fraction of sp³-hybridized carbons (Fsp3) is 0.356. The lowest BCUT2D eigenvalue weighted by atomic mass is 9.98. The van der Waals surface area contributed by atoms with E-state index in [1.807, 2.05) is 97.1 Å². The Kier molecular flexibility index (Phi) is 17.4. The number of H-pyrrole nitrogens is 1. The molecule has 14 nitrogen and oxygen atoms in total. The van der Waals surface area contributed by atoms with Gasteiger partial charge in [0.2, 0.25) is 5.95 Å². The Bertz CT molecular complexity index is 2950. The second kappa shape index (κ2) is 24.6. The van der Waals surface area contributed by atoms with Crippen molar-refractivity contribution in [1.82, 2.24) is 25.4 Å². The molecule has 3 N–H and O–H groups in total. The van der Waals surface area contributed by atoms with Crippen molar-refractivity contribution < 1.29 is 27.8 Å². The third-order valence-corrected chi connectivity index (χ3v) is 12.9. The predicted molar refractivity (Wildman–Crippen MR) is 287 cm³/mol. The number of aromatic amines is 1. The fourth-order valence-corrected chi connectivity index (χ4v) is 8.57. The molecule has 0 aliphatic rings. The Morgan fingerprint density at radius 1 is 0.521 bits per heavy atom. The first-order valence-electron chi connectivity index (χ1n) is 25.6. The minimum Gasteiger partial charge on any atom is -0.494 e. The maximum atomic E-state index is 12.7. The first-order valence-corrected chi connectivity index (χ1v) is 25.6. The van der Waals surface area contributed by atoms with Crippen LogP contribution in [-0.4, -0.2) is 44.7 Å². The molecular formula is C59H67N7O7. The average Bonchev–Trinajstić information content (AvgIpc) is 4.17. The van der Waals surface area contributed by atoms with Gasteiger partial charge in [0.25, 0.3) is 5.56 Å². The molecule has 0 bridgehead atoms. The van der Waals surface area contributed by atoms with Crippen molar-refractivity contribution in [3.8, 4) is 79.2 Å². The molecule has 4 aromatic heterocycles. The summed E-state index contributed by atoms with van der Waals surface area (Å²) >= 11 is 0. The van der Waals surface area contributed by atoms with Crippen LogP contribution in [0.4, 0.5) is 16.4 Å². The number of rotatable bonds is 24. The summed E-state index contributed by atoms with van der Waals surface area (Å²) in [6, 6.07) is 35.4. The molecule has 0 aliphatic carbocycles. The van der Waals surface area contributed by atoms with E-state index in [2.05, 4.69) is 77.6 Å². The number of hydrogen-bond donors (Lipinski definition) is 3. The van der Waals surface area contributed by atoms with E-state index in [1.165, 1.54) is 44.6 Å². The number of anilines is 2. The second-order valence-corrected chi connectivity index (χ2v) is 20.1. The van der Waals surface area contributed by atoms with Gasteiger partial charge in [-0.25, -0.2) is 4.79 Å². The van der Waals surface area contributed by atoms with Gasteiger partial charge in [0, 0.05) is 69.0 Å². The lowest BCUT2D eigenvalue weighted by Gasteiger charge is -2.13. The monoisotopic (exact) mass is 986 g/mol. The van der Waals surface area contributed by atoms with Crippen molar-refractivity contribution in [3.05, 3.63) is 131 Å². The number of aryl methyl sites for hydroxylation is 1. The highest BCUT2D eigenvalue weighted by atomic mass is 16.5. The van der Waals surface area contributed by atoms with Gasteiger partial charge in [-0.1, -0.05) is 108 Å². The number of benzene rings is 4. The van der Waals surface area contributed by atoms with Crippen molar-refractivity contribution in [2.45, 2.75) is 99.8 Å². The molecule has 0 fully saturated rings. The van der Waals surface area contributed by atoms with Crippen LogP contribution in [0.3, 0.4) is 0 Å². The molecule has 0 saturated heterocycles. The van der Waals surface area contributed by atoms with E-state index in [1.54, 1.807) is 19.1 Å². The topological polar surface area (TPSA) is 183 Å². The number of carbonyl (C=O) groups excluding carboxylic acids is 1. The minimum absolute atomic E-state index is 0.0481. The van der Waals surface area contributed by atoms with Crippen LogP contribution in [-0.2, 0) is 0 Å². The molecule has 2 atom stereocenters. The third-order valence-electron chi connectivity index (χ3n) is 12.9. The van der Waals surface area contributed by atoms with E-state index >= 15 is 0 Å². The Hall–Kier alpha value is -7.74. The van der Waals surface area contributed by atoms with Crippen LogP contribution in [0.2, 0.25) is 0 Å². The van der Waals surface area contributed by atoms with Gasteiger partial charge in [-0.2, -0.15) is 4.98 Å². The fourth-order valence-electron chi connectivity index (χ4n) is 8.57. The number of amides is 2. The minimum atomic E-state index is -0.559. The second-order valence-electron chi connectivity index (χ2n) is 20.1. The molecule has 0 aliphatic heterocycles. The number of nitrogens with one attached hydrogen (secondary N) is 3. The van der Waals surface area contributed by atoms with E-state index in [-0.39, 0.29) is 5.95 Å². The Morgan fingerprint density at radius 2 is 0.932 bits per heavy atom. The molecule has 0 spiro atoms. The number of aromatic nitrogens is 5. The molecule has 380 valence electrons. The summed E-state index contributed by atoms with van der Waals surface area (Å²) in [6.45, 7) is 16.8. The Labute approximate surface area is 427 Å². The highest BCUT2D eigenvalue weighted by Crippen LogP contribution is 2.37. The Balaban J connectivity index is 0.988. The van der Waals surface area contributed by atoms with Crippen LogP contribution >= 0.6 is 0 Å². The zero-order valence-electron chi connectivity index (χ0n) is 43.0. The van der Waals surface area contributed by atoms with Gasteiger partial charge in [0.1, 0.15) is 28.6 Å². The van der Waals surface area contributed by atoms with Gasteiger partial charge in [0.15, 0.2) is 17.3 Å². The molecule has 8 rings (SSSR count). The molecule has 0 radical (unpaired) electrons. The van der Waals surface area contributed by atoms with E-state index in [9.17, 15) is 9.59 Å². The molecule has 0 saturated carbocycles. The van der Waals surface area contributed by atoms with Gasteiger partial charge < -0.3 is 33.3 Å². The highest BCUT2D eigenvalue weighted by Gasteiger charge is 2.19. The summed E-state index contributed by atoms with van der Waals surface area (Å²) in [4.78, 5) is 31.1. The highest BCUT2D eigenvalue weighted by molar-refractivity contribution is 5.98. The number of ether oxygens (including phenoxy) is 2. The molecular weight excluding hydrogens is 919 g/mol. The van der Waals surface area contributed by atoms with Crippen LogP contribution in [0.15, 0.2) is 134 Å². The summed E-state index contributed by atoms with van der Waals surface area (Å²) in [5, 5.41) is 18.7. The van der Waals surface area contributed by atoms with E-state index in [0.717, 1.165) is 64.0 Å². The van der Waals surface area contributed by atoms with Crippen molar-refractivity contribution in [2.24, 2.45) is 23.7 Å². The van der Waals surface area contributed by atoms with Crippen LogP contribution < -0.4 is 25.7 Å². The first kappa shape index (κ1) is 51.6. The molecule has 4 heterocycles. The molecule has 4 aromatic carbocycles. The quantitative estimate of drug-likeness (QED) is 0.0523. The van der Waals surface area contributed by atoms with Crippen LogP contribution in [0.1, 0.15) is 98.6 Å². The smallest absolute Gasteiger partial charge is 0.326 e. The third kappa shape index (κ3) is 14.9. The van der Waals surface area contributed by atoms with E-state index < -0.39 is 11.6 Å². The molecule has 73 heavy (non-hydrogen) atoms. The van der Waals surface area contributed by atoms with Crippen molar-refractivity contribution in [3.63, 3.8) is 0 Å². The summed E-state index contributed by atoms with van der Waals surface area (Å²) < 4.78 is 30.3. The number of nitrogens with zero attached hydrogens (tertiary/aromatic N) is 4.